The normalized spacial score (nSPS) is 20.2. The molecule has 1 rings (SSSR count). The predicted octanol–water partition coefficient (Wildman–Crippen LogP) is 0.361. The second-order valence-corrected chi connectivity index (χ2v) is 4.11. The maximum atomic E-state index is 10.5. The fraction of sp³-hybridized carbons (Fsp3) is 0.900. The zero-order valence-corrected chi connectivity index (χ0v) is 9.03. The van der Waals surface area contributed by atoms with E-state index in [0.29, 0.717) is 6.04 Å². The average Bonchev–Trinajstić information content (AvgIpc) is 2.15. The summed E-state index contributed by atoms with van der Waals surface area (Å²) in [5.74, 6) is -0.378. The van der Waals surface area contributed by atoms with Crippen molar-refractivity contribution >= 4 is 5.91 Å². The van der Waals surface area contributed by atoms with Crippen LogP contribution in [0.1, 0.15) is 26.7 Å². The van der Waals surface area contributed by atoms with Crippen LogP contribution < -0.4 is 5.73 Å². The van der Waals surface area contributed by atoms with Gasteiger partial charge in [0.25, 0.3) is 0 Å². The Morgan fingerprint density at radius 3 is 2.50 bits per heavy atom. The summed E-state index contributed by atoms with van der Waals surface area (Å²) in [6.45, 7) is 6.57. The smallest absolute Gasteiger partial charge is 0.243 e. The van der Waals surface area contributed by atoms with Crippen molar-refractivity contribution in [3.05, 3.63) is 0 Å². The number of piperidine rings is 1. The van der Waals surface area contributed by atoms with Crippen molar-refractivity contribution in [3.8, 4) is 0 Å². The molecule has 0 aromatic carbocycles. The molecule has 1 heterocycles. The van der Waals surface area contributed by atoms with E-state index in [-0.39, 0.29) is 18.6 Å². The van der Waals surface area contributed by atoms with Gasteiger partial charge in [-0.15, -0.1) is 0 Å². The molecule has 1 amide bonds. The van der Waals surface area contributed by atoms with Gasteiger partial charge < -0.3 is 15.4 Å². The number of hydrogen-bond acceptors (Lipinski definition) is 3. The summed E-state index contributed by atoms with van der Waals surface area (Å²) in [7, 11) is 0. The third-order valence-electron chi connectivity index (χ3n) is 2.67. The Kier molecular flexibility index (Phi) is 4.35. The number of carbonyl (C=O) groups excluding carboxylic acids is 1. The molecule has 0 radical (unpaired) electrons. The van der Waals surface area contributed by atoms with E-state index >= 15 is 0 Å². The van der Waals surface area contributed by atoms with Gasteiger partial charge in [0.2, 0.25) is 5.91 Å². The molecule has 0 saturated carbocycles. The molecule has 1 saturated heterocycles. The van der Waals surface area contributed by atoms with E-state index in [9.17, 15) is 4.79 Å². The van der Waals surface area contributed by atoms with Gasteiger partial charge in [-0.25, -0.2) is 0 Å². The molecule has 2 N–H and O–H groups in total. The number of hydrogen-bond donors (Lipinski definition) is 1. The standard InChI is InChI=1S/C10H20N2O2/c1-8(2)12-5-3-9(4-6-12)14-7-10(11)13/h8-9H,3-7H2,1-2H3,(H2,11,13). The monoisotopic (exact) mass is 200 g/mol. The van der Waals surface area contributed by atoms with E-state index in [0.717, 1.165) is 25.9 Å². The molecule has 4 heteroatoms. The van der Waals surface area contributed by atoms with Crippen LogP contribution in [0.3, 0.4) is 0 Å². The van der Waals surface area contributed by atoms with Crippen molar-refractivity contribution in [1.82, 2.24) is 4.90 Å². The fourth-order valence-electron chi connectivity index (χ4n) is 1.76. The number of primary amides is 1. The number of likely N-dealkylation sites (tertiary alicyclic amines) is 1. The van der Waals surface area contributed by atoms with Gasteiger partial charge in [-0.1, -0.05) is 0 Å². The zero-order chi connectivity index (χ0) is 10.6. The SMILES string of the molecule is CC(C)N1CCC(OCC(N)=O)CC1. The van der Waals surface area contributed by atoms with Crippen molar-refractivity contribution in [2.24, 2.45) is 5.73 Å². The summed E-state index contributed by atoms with van der Waals surface area (Å²) in [5, 5.41) is 0. The lowest BCUT2D eigenvalue weighted by Crippen LogP contribution is -2.41. The topological polar surface area (TPSA) is 55.6 Å². The molecule has 0 aliphatic carbocycles. The number of nitrogens with two attached hydrogens (primary N) is 1. The molecule has 0 aromatic rings. The molecular formula is C10H20N2O2. The first-order valence-corrected chi connectivity index (χ1v) is 5.23. The molecule has 82 valence electrons. The lowest BCUT2D eigenvalue weighted by atomic mass is 10.1. The maximum Gasteiger partial charge on any atom is 0.243 e. The summed E-state index contributed by atoms with van der Waals surface area (Å²) in [6.07, 6.45) is 2.23. The Balaban J connectivity index is 2.19. The molecule has 0 aromatic heterocycles. The fourth-order valence-corrected chi connectivity index (χ4v) is 1.76. The first-order valence-electron chi connectivity index (χ1n) is 5.23. The molecule has 0 spiro atoms. The number of ether oxygens (including phenoxy) is 1. The van der Waals surface area contributed by atoms with E-state index in [1.807, 2.05) is 0 Å². The molecule has 0 unspecified atom stereocenters. The van der Waals surface area contributed by atoms with E-state index in [2.05, 4.69) is 18.7 Å². The number of rotatable bonds is 4. The molecule has 1 aliphatic rings. The highest BCUT2D eigenvalue weighted by Gasteiger charge is 2.21. The second-order valence-electron chi connectivity index (χ2n) is 4.11. The average molecular weight is 200 g/mol. The Bertz CT molecular complexity index is 187. The van der Waals surface area contributed by atoms with Crippen molar-refractivity contribution in [2.45, 2.75) is 38.8 Å². The highest BCUT2D eigenvalue weighted by atomic mass is 16.5. The summed E-state index contributed by atoms with van der Waals surface area (Å²) >= 11 is 0. The van der Waals surface area contributed by atoms with Crippen LogP contribution in [0.15, 0.2) is 0 Å². The van der Waals surface area contributed by atoms with Gasteiger partial charge in [0.1, 0.15) is 6.61 Å². The van der Waals surface area contributed by atoms with E-state index in [1.54, 1.807) is 0 Å². The maximum absolute atomic E-state index is 10.5. The van der Waals surface area contributed by atoms with Crippen LogP contribution in [-0.2, 0) is 9.53 Å². The molecule has 1 fully saturated rings. The van der Waals surface area contributed by atoms with Crippen LogP contribution in [0.4, 0.5) is 0 Å². The third kappa shape index (κ3) is 3.64. The third-order valence-corrected chi connectivity index (χ3v) is 2.67. The van der Waals surface area contributed by atoms with Crippen LogP contribution in [0.25, 0.3) is 0 Å². The number of amides is 1. The Labute approximate surface area is 85.4 Å². The second kappa shape index (κ2) is 5.32. The van der Waals surface area contributed by atoms with Crippen molar-refractivity contribution in [3.63, 3.8) is 0 Å². The molecular weight excluding hydrogens is 180 g/mol. The Morgan fingerprint density at radius 1 is 1.50 bits per heavy atom. The highest BCUT2D eigenvalue weighted by Crippen LogP contribution is 2.15. The molecule has 4 nitrogen and oxygen atoms in total. The summed E-state index contributed by atoms with van der Waals surface area (Å²) < 4.78 is 5.37. The van der Waals surface area contributed by atoms with Crippen LogP contribution >= 0.6 is 0 Å². The molecule has 0 atom stereocenters. The van der Waals surface area contributed by atoms with Gasteiger partial charge in [0, 0.05) is 19.1 Å². The Morgan fingerprint density at radius 2 is 2.07 bits per heavy atom. The summed E-state index contributed by atoms with van der Waals surface area (Å²) in [4.78, 5) is 12.9. The van der Waals surface area contributed by atoms with E-state index < -0.39 is 0 Å². The van der Waals surface area contributed by atoms with Crippen LogP contribution in [0, 0.1) is 0 Å². The summed E-state index contributed by atoms with van der Waals surface area (Å²) in [5.41, 5.74) is 5.01. The van der Waals surface area contributed by atoms with Crippen molar-refractivity contribution in [2.75, 3.05) is 19.7 Å². The largest absolute Gasteiger partial charge is 0.368 e. The van der Waals surface area contributed by atoms with Gasteiger partial charge >= 0.3 is 0 Å². The van der Waals surface area contributed by atoms with E-state index in [4.69, 9.17) is 10.5 Å². The number of nitrogens with zero attached hydrogens (tertiary/aromatic N) is 1. The quantitative estimate of drug-likeness (QED) is 0.713. The predicted molar refractivity (Wildman–Crippen MR) is 54.9 cm³/mol. The zero-order valence-electron chi connectivity index (χ0n) is 9.03. The van der Waals surface area contributed by atoms with Gasteiger partial charge in [-0.2, -0.15) is 0 Å². The lowest BCUT2D eigenvalue weighted by molar-refractivity contribution is -0.125. The minimum Gasteiger partial charge on any atom is -0.368 e. The molecule has 14 heavy (non-hydrogen) atoms. The first-order chi connectivity index (χ1) is 6.59. The minimum absolute atomic E-state index is 0.0619. The minimum atomic E-state index is -0.378. The first kappa shape index (κ1) is 11.5. The van der Waals surface area contributed by atoms with Crippen molar-refractivity contribution in [1.29, 1.82) is 0 Å². The van der Waals surface area contributed by atoms with Gasteiger partial charge in [-0.3, -0.25) is 4.79 Å². The Hall–Kier alpha value is -0.610. The van der Waals surface area contributed by atoms with E-state index in [1.165, 1.54) is 0 Å². The molecule has 1 aliphatic heterocycles. The lowest BCUT2D eigenvalue weighted by Gasteiger charge is -2.34. The van der Waals surface area contributed by atoms with Crippen LogP contribution in [0.2, 0.25) is 0 Å². The molecule has 0 bridgehead atoms. The number of carbonyl (C=O) groups is 1. The van der Waals surface area contributed by atoms with Gasteiger partial charge in [0.15, 0.2) is 0 Å². The van der Waals surface area contributed by atoms with Gasteiger partial charge in [0.05, 0.1) is 6.10 Å². The summed E-state index contributed by atoms with van der Waals surface area (Å²) in [6, 6.07) is 0.604. The van der Waals surface area contributed by atoms with Gasteiger partial charge in [-0.05, 0) is 26.7 Å². The van der Waals surface area contributed by atoms with Crippen LogP contribution in [0.5, 0.6) is 0 Å². The highest BCUT2D eigenvalue weighted by molar-refractivity contribution is 5.75. The van der Waals surface area contributed by atoms with Crippen molar-refractivity contribution < 1.29 is 9.53 Å². The van der Waals surface area contributed by atoms with Crippen LogP contribution in [-0.4, -0.2) is 42.6 Å².